The average Bonchev–Trinajstić information content (AvgIpc) is 3.31. The van der Waals surface area contributed by atoms with Crippen molar-refractivity contribution in [3.63, 3.8) is 0 Å². The van der Waals surface area contributed by atoms with Gasteiger partial charge in [-0.25, -0.2) is 4.79 Å². The van der Waals surface area contributed by atoms with Gasteiger partial charge in [0.2, 0.25) is 5.91 Å². The van der Waals surface area contributed by atoms with E-state index in [9.17, 15) is 14.4 Å². The lowest BCUT2D eigenvalue weighted by molar-refractivity contribution is -0.130. The molecule has 1 aromatic carbocycles. The van der Waals surface area contributed by atoms with Crippen LogP contribution in [0.25, 0.3) is 10.9 Å². The standard InChI is InChI=1S/C18H17N5O4/c1-10-6-15(22-27-10)21-16(24)9-23-17(25)14(20-18(23)26)7-11-8-19-13-5-3-2-4-12(11)13/h2-6,8,14,19H,7,9H2,1H3,(H,20,26)(H,21,22,24). The number of imide groups is 1. The molecule has 1 saturated heterocycles. The fourth-order valence-electron chi connectivity index (χ4n) is 3.14. The number of fused-ring (bicyclic) bond motifs is 1. The second-order valence-electron chi connectivity index (χ2n) is 6.36. The van der Waals surface area contributed by atoms with Crippen molar-refractivity contribution < 1.29 is 18.9 Å². The number of nitrogens with one attached hydrogen (secondary N) is 3. The molecule has 9 heteroatoms. The van der Waals surface area contributed by atoms with Crippen molar-refractivity contribution in [2.45, 2.75) is 19.4 Å². The van der Waals surface area contributed by atoms with Gasteiger partial charge in [-0.3, -0.25) is 14.5 Å². The lowest BCUT2D eigenvalue weighted by Gasteiger charge is -2.12. The van der Waals surface area contributed by atoms with E-state index in [0.29, 0.717) is 12.2 Å². The van der Waals surface area contributed by atoms with E-state index in [0.717, 1.165) is 21.4 Å². The fourth-order valence-corrected chi connectivity index (χ4v) is 3.14. The number of urea groups is 1. The number of aryl methyl sites for hydroxylation is 1. The molecule has 3 N–H and O–H groups in total. The predicted molar refractivity (Wildman–Crippen MR) is 95.9 cm³/mol. The van der Waals surface area contributed by atoms with Gasteiger partial charge in [-0.05, 0) is 18.6 Å². The summed E-state index contributed by atoms with van der Waals surface area (Å²) in [6.07, 6.45) is 2.17. The summed E-state index contributed by atoms with van der Waals surface area (Å²) in [6.45, 7) is 1.30. The topological polar surface area (TPSA) is 120 Å². The molecule has 1 aliphatic heterocycles. The quantitative estimate of drug-likeness (QED) is 0.591. The number of H-pyrrole nitrogens is 1. The fraction of sp³-hybridized carbons (Fsp3) is 0.222. The molecule has 9 nitrogen and oxygen atoms in total. The van der Waals surface area contributed by atoms with Gasteiger partial charge < -0.3 is 20.1 Å². The highest BCUT2D eigenvalue weighted by Gasteiger charge is 2.39. The molecule has 1 unspecified atom stereocenters. The summed E-state index contributed by atoms with van der Waals surface area (Å²) < 4.78 is 4.86. The van der Waals surface area contributed by atoms with Crippen LogP contribution in [0.4, 0.5) is 10.6 Å². The van der Waals surface area contributed by atoms with Crippen molar-refractivity contribution in [3.8, 4) is 0 Å². The second-order valence-corrected chi connectivity index (χ2v) is 6.36. The van der Waals surface area contributed by atoms with Crippen LogP contribution in [-0.2, 0) is 16.0 Å². The minimum atomic E-state index is -0.709. The molecule has 0 spiro atoms. The smallest absolute Gasteiger partial charge is 0.325 e. The number of aromatic nitrogens is 2. The molecule has 0 saturated carbocycles. The van der Waals surface area contributed by atoms with Crippen molar-refractivity contribution in [3.05, 3.63) is 47.9 Å². The van der Waals surface area contributed by atoms with Gasteiger partial charge in [-0.15, -0.1) is 0 Å². The number of hydrogen-bond acceptors (Lipinski definition) is 5. The summed E-state index contributed by atoms with van der Waals surface area (Å²) in [6, 6.07) is 7.97. The van der Waals surface area contributed by atoms with Crippen molar-refractivity contribution in [2.24, 2.45) is 0 Å². The van der Waals surface area contributed by atoms with Crippen LogP contribution in [0.15, 0.2) is 41.1 Å². The molecule has 2 aromatic heterocycles. The molecule has 138 valence electrons. The number of anilines is 1. The minimum absolute atomic E-state index is 0.236. The molecule has 3 aromatic rings. The number of benzene rings is 1. The third kappa shape index (κ3) is 3.26. The van der Waals surface area contributed by atoms with Gasteiger partial charge in [0.25, 0.3) is 5.91 Å². The van der Waals surface area contributed by atoms with Gasteiger partial charge in [-0.1, -0.05) is 23.4 Å². The van der Waals surface area contributed by atoms with Gasteiger partial charge in [0, 0.05) is 29.6 Å². The summed E-state index contributed by atoms with van der Waals surface area (Å²) in [5.74, 6) is -0.185. The number of hydrogen-bond donors (Lipinski definition) is 3. The number of rotatable bonds is 5. The van der Waals surface area contributed by atoms with Gasteiger partial charge in [0.05, 0.1) is 0 Å². The first-order valence-corrected chi connectivity index (χ1v) is 8.41. The zero-order valence-electron chi connectivity index (χ0n) is 14.5. The molecule has 4 amide bonds. The lowest BCUT2D eigenvalue weighted by atomic mass is 10.1. The highest BCUT2D eigenvalue weighted by Crippen LogP contribution is 2.21. The Balaban J connectivity index is 1.43. The van der Waals surface area contributed by atoms with E-state index in [4.69, 9.17) is 4.52 Å². The summed E-state index contributed by atoms with van der Waals surface area (Å²) in [5.41, 5.74) is 1.89. The Morgan fingerprint density at radius 3 is 2.93 bits per heavy atom. The van der Waals surface area contributed by atoms with E-state index in [1.807, 2.05) is 30.5 Å². The first-order chi connectivity index (χ1) is 13.0. The maximum Gasteiger partial charge on any atom is 0.325 e. The molecular weight excluding hydrogens is 350 g/mol. The van der Waals surface area contributed by atoms with Gasteiger partial charge in [-0.2, -0.15) is 0 Å². The Labute approximate surface area is 153 Å². The number of nitrogens with zero attached hydrogens (tertiary/aromatic N) is 2. The van der Waals surface area contributed by atoms with E-state index in [-0.39, 0.29) is 12.4 Å². The molecular formula is C18H17N5O4. The van der Waals surface area contributed by atoms with Crippen LogP contribution in [0.3, 0.4) is 0 Å². The van der Waals surface area contributed by atoms with Gasteiger partial charge in [0.15, 0.2) is 5.82 Å². The molecule has 1 atom stereocenters. The Kier molecular flexibility index (Phi) is 4.11. The molecule has 0 radical (unpaired) electrons. The molecule has 1 aliphatic rings. The zero-order chi connectivity index (χ0) is 19.0. The number of aromatic amines is 1. The maximum absolute atomic E-state index is 12.6. The van der Waals surface area contributed by atoms with Crippen LogP contribution in [0, 0.1) is 6.92 Å². The van der Waals surface area contributed by atoms with E-state index in [1.54, 1.807) is 13.0 Å². The van der Waals surface area contributed by atoms with E-state index in [1.165, 1.54) is 0 Å². The van der Waals surface area contributed by atoms with Crippen LogP contribution < -0.4 is 10.6 Å². The molecule has 0 aliphatic carbocycles. The normalized spacial score (nSPS) is 16.8. The second kappa shape index (κ2) is 6.60. The third-order valence-electron chi connectivity index (χ3n) is 4.40. The summed E-state index contributed by atoms with van der Waals surface area (Å²) >= 11 is 0. The first kappa shape index (κ1) is 16.8. The highest BCUT2D eigenvalue weighted by atomic mass is 16.5. The van der Waals surface area contributed by atoms with Crippen LogP contribution in [0.2, 0.25) is 0 Å². The zero-order valence-corrected chi connectivity index (χ0v) is 14.5. The van der Waals surface area contributed by atoms with Crippen LogP contribution in [0.5, 0.6) is 0 Å². The molecule has 27 heavy (non-hydrogen) atoms. The van der Waals surface area contributed by atoms with Crippen LogP contribution in [0.1, 0.15) is 11.3 Å². The largest absolute Gasteiger partial charge is 0.361 e. The summed E-state index contributed by atoms with van der Waals surface area (Å²) in [4.78, 5) is 40.9. The Bertz CT molecular complexity index is 1040. The molecule has 0 bridgehead atoms. The Morgan fingerprint density at radius 2 is 2.15 bits per heavy atom. The van der Waals surface area contributed by atoms with Crippen molar-refractivity contribution in [1.82, 2.24) is 20.4 Å². The van der Waals surface area contributed by atoms with Crippen molar-refractivity contribution in [1.29, 1.82) is 0 Å². The van der Waals surface area contributed by atoms with Crippen molar-refractivity contribution >= 4 is 34.6 Å². The number of carbonyl (C=O) groups is 3. The van der Waals surface area contributed by atoms with E-state index >= 15 is 0 Å². The van der Waals surface area contributed by atoms with Gasteiger partial charge in [0.1, 0.15) is 18.3 Å². The third-order valence-corrected chi connectivity index (χ3v) is 4.40. The van der Waals surface area contributed by atoms with Crippen LogP contribution >= 0.6 is 0 Å². The van der Waals surface area contributed by atoms with E-state index in [2.05, 4.69) is 20.8 Å². The number of para-hydroxylation sites is 1. The van der Waals surface area contributed by atoms with Gasteiger partial charge >= 0.3 is 6.03 Å². The Hall–Kier alpha value is -3.62. The minimum Gasteiger partial charge on any atom is -0.361 e. The summed E-state index contributed by atoms with van der Waals surface area (Å²) in [7, 11) is 0. The predicted octanol–water partition coefficient (Wildman–Crippen LogP) is 1.57. The van der Waals surface area contributed by atoms with Crippen molar-refractivity contribution in [2.75, 3.05) is 11.9 Å². The Morgan fingerprint density at radius 1 is 1.33 bits per heavy atom. The molecule has 4 rings (SSSR count). The average molecular weight is 367 g/mol. The highest BCUT2D eigenvalue weighted by molar-refractivity contribution is 6.08. The number of carbonyl (C=O) groups excluding carboxylic acids is 3. The lowest BCUT2D eigenvalue weighted by Crippen LogP contribution is -2.38. The van der Waals surface area contributed by atoms with Crippen LogP contribution in [-0.4, -0.2) is 45.5 Å². The number of amides is 4. The molecule has 1 fully saturated rings. The molecule has 3 heterocycles. The maximum atomic E-state index is 12.6. The first-order valence-electron chi connectivity index (χ1n) is 8.41. The van der Waals surface area contributed by atoms with E-state index < -0.39 is 23.9 Å². The summed E-state index contributed by atoms with van der Waals surface area (Å²) in [5, 5.41) is 9.78. The monoisotopic (exact) mass is 367 g/mol. The SMILES string of the molecule is Cc1cc(NC(=O)CN2C(=O)NC(Cc3c[nH]c4ccccc34)C2=O)no1.